The fourth-order valence-corrected chi connectivity index (χ4v) is 4.91. The van der Waals surface area contributed by atoms with Crippen LogP contribution >= 0.6 is 15.9 Å². The topological polar surface area (TPSA) is 30.9 Å². The summed E-state index contributed by atoms with van der Waals surface area (Å²) in [5.74, 6) is 0. The van der Waals surface area contributed by atoms with Crippen LogP contribution in [0.3, 0.4) is 0 Å². The molecule has 1 aromatic heterocycles. The molecule has 6 aromatic rings. The highest BCUT2D eigenvalue weighted by atomic mass is 79.9. The van der Waals surface area contributed by atoms with Gasteiger partial charge in [-0.15, -0.1) is 0 Å². The Morgan fingerprint density at radius 2 is 1.32 bits per heavy atom. The third-order valence-electron chi connectivity index (χ3n) is 6.00. The highest BCUT2D eigenvalue weighted by Crippen LogP contribution is 2.39. The maximum atomic E-state index is 6.01. The molecule has 0 unspecified atom stereocenters. The van der Waals surface area contributed by atoms with E-state index in [2.05, 4.69) is 118 Å². The molecule has 0 aliphatic heterocycles. The van der Waals surface area contributed by atoms with Gasteiger partial charge in [-0.05, 0) is 80.3 Å². The van der Waals surface area contributed by atoms with E-state index in [9.17, 15) is 0 Å². The minimum atomic E-state index is 0.747. The molecular formula is C28H19BrN2. The van der Waals surface area contributed by atoms with Gasteiger partial charge in [0.15, 0.2) is 0 Å². The number of halogens is 1. The number of hydrogen-bond acceptors (Lipinski definition) is 1. The zero-order chi connectivity index (χ0) is 20.9. The molecule has 148 valence electrons. The van der Waals surface area contributed by atoms with Crippen molar-refractivity contribution in [2.45, 2.75) is 0 Å². The first-order valence-corrected chi connectivity index (χ1v) is 11.1. The van der Waals surface area contributed by atoms with Gasteiger partial charge in [0.1, 0.15) is 0 Å². The van der Waals surface area contributed by atoms with Crippen molar-refractivity contribution in [1.82, 2.24) is 4.57 Å². The maximum absolute atomic E-state index is 6.01. The number of nitrogens with two attached hydrogens (primary N) is 1. The van der Waals surface area contributed by atoms with Crippen LogP contribution in [0.15, 0.2) is 108 Å². The number of para-hydroxylation sites is 1. The molecule has 2 N–H and O–H groups in total. The quantitative estimate of drug-likeness (QED) is 0.260. The molecule has 0 aliphatic carbocycles. The monoisotopic (exact) mass is 462 g/mol. The molecule has 2 nitrogen and oxygen atoms in total. The Morgan fingerprint density at radius 3 is 2.16 bits per heavy atom. The summed E-state index contributed by atoms with van der Waals surface area (Å²) in [5, 5.41) is 5.06. The summed E-state index contributed by atoms with van der Waals surface area (Å²) >= 11 is 3.57. The molecule has 5 aromatic carbocycles. The summed E-state index contributed by atoms with van der Waals surface area (Å²) in [6.45, 7) is 0. The van der Waals surface area contributed by atoms with Gasteiger partial charge in [0, 0.05) is 26.6 Å². The second-order valence-electron chi connectivity index (χ2n) is 7.82. The van der Waals surface area contributed by atoms with Crippen molar-refractivity contribution in [3.8, 4) is 16.8 Å². The normalized spacial score (nSPS) is 11.5. The molecule has 0 aliphatic rings. The highest BCUT2D eigenvalue weighted by Gasteiger charge is 2.15. The Morgan fingerprint density at radius 1 is 0.613 bits per heavy atom. The van der Waals surface area contributed by atoms with E-state index in [4.69, 9.17) is 5.73 Å². The first kappa shape index (κ1) is 18.2. The summed E-state index contributed by atoms with van der Waals surface area (Å²) in [7, 11) is 0. The smallest absolute Gasteiger partial charge is 0.0547 e. The van der Waals surface area contributed by atoms with Crippen molar-refractivity contribution in [1.29, 1.82) is 0 Å². The van der Waals surface area contributed by atoms with E-state index in [0.717, 1.165) is 15.7 Å². The van der Waals surface area contributed by atoms with E-state index in [1.807, 2.05) is 6.07 Å². The van der Waals surface area contributed by atoms with Gasteiger partial charge < -0.3 is 10.3 Å². The number of rotatable bonds is 2. The zero-order valence-corrected chi connectivity index (χ0v) is 18.3. The van der Waals surface area contributed by atoms with Crippen LogP contribution in [0.5, 0.6) is 0 Å². The number of anilines is 1. The summed E-state index contributed by atoms with van der Waals surface area (Å²) < 4.78 is 3.28. The van der Waals surface area contributed by atoms with Gasteiger partial charge in [0.25, 0.3) is 0 Å². The van der Waals surface area contributed by atoms with E-state index in [1.165, 1.54) is 43.8 Å². The molecule has 0 fully saturated rings. The van der Waals surface area contributed by atoms with Crippen molar-refractivity contribution in [3.63, 3.8) is 0 Å². The SMILES string of the molecule is Nc1ccc(-c2ccc3c(c2)c2c4ccccc4ccc2n3-c2ccccc2)cc1Br. The van der Waals surface area contributed by atoms with Crippen LogP contribution in [0.25, 0.3) is 49.4 Å². The Labute approximate surface area is 188 Å². The van der Waals surface area contributed by atoms with E-state index in [1.54, 1.807) is 0 Å². The molecule has 0 saturated heterocycles. The fourth-order valence-electron chi connectivity index (χ4n) is 4.53. The largest absolute Gasteiger partial charge is 0.398 e. The molecular weight excluding hydrogens is 444 g/mol. The van der Waals surface area contributed by atoms with Gasteiger partial charge in [-0.25, -0.2) is 0 Å². The van der Waals surface area contributed by atoms with Crippen LogP contribution in [0.2, 0.25) is 0 Å². The van der Waals surface area contributed by atoms with Crippen molar-refractivity contribution in [2.75, 3.05) is 5.73 Å². The van der Waals surface area contributed by atoms with Crippen molar-refractivity contribution >= 4 is 54.2 Å². The fraction of sp³-hybridized carbons (Fsp3) is 0. The number of fused-ring (bicyclic) bond motifs is 5. The average molecular weight is 463 g/mol. The van der Waals surface area contributed by atoms with E-state index < -0.39 is 0 Å². The molecule has 6 rings (SSSR count). The van der Waals surface area contributed by atoms with Crippen LogP contribution in [-0.4, -0.2) is 4.57 Å². The van der Waals surface area contributed by atoms with E-state index in [-0.39, 0.29) is 0 Å². The molecule has 3 heteroatoms. The molecule has 1 heterocycles. The van der Waals surface area contributed by atoms with Crippen LogP contribution < -0.4 is 5.73 Å². The average Bonchev–Trinajstić information content (AvgIpc) is 3.15. The van der Waals surface area contributed by atoms with Gasteiger partial charge in [-0.2, -0.15) is 0 Å². The van der Waals surface area contributed by atoms with Crippen LogP contribution in [0, 0.1) is 0 Å². The first-order valence-electron chi connectivity index (χ1n) is 10.3. The molecule has 0 saturated carbocycles. The highest BCUT2D eigenvalue weighted by molar-refractivity contribution is 9.10. The lowest BCUT2D eigenvalue weighted by molar-refractivity contribution is 1.18. The van der Waals surface area contributed by atoms with Crippen LogP contribution in [-0.2, 0) is 0 Å². The number of benzene rings is 5. The molecule has 0 amide bonds. The number of hydrogen-bond donors (Lipinski definition) is 1. The second-order valence-corrected chi connectivity index (χ2v) is 8.67. The number of nitrogens with zero attached hydrogens (tertiary/aromatic N) is 1. The minimum absolute atomic E-state index is 0.747. The third kappa shape index (κ3) is 2.85. The predicted molar refractivity (Wildman–Crippen MR) is 136 cm³/mol. The molecule has 0 radical (unpaired) electrons. The maximum Gasteiger partial charge on any atom is 0.0547 e. The number of aromatic nitrogens is 1. The zero-order valence-electron chi connectivity index (χ0n) is 16.7. The summed E-state index contributed by atoms with van der Waals surface area (Å²) in [6.07, 6.45) is 0. The Balaban J connectivity index is 1.75. The lowest BCUT2D eigenvalue weighted by Gasteiger charge is -2.08. The van der Waals surface area contributed by atoms with Crippen molar-refractivity contribution < 1.29 is 0 Å². The van der Waals surface area contributed by atoms with Crippen LogP contribution in [0.1, 0.15) is 0 Å². The van der Waals surface area contributed by atoms with Gasteiger partial charge in [-0.1, -0.05) is 60.7 Å². The van der Waals surface area contributed by atoms with Crippen molar-refractivity contribution in [3.05, 3.63) is 108 Å². The Hall–Kier alpha value is -3.56. The molecule has 0 atom stereocenters. The van der Waals surface area contributed by atoms with E-state index in [0.29, 0.717) is 0 Å². The van der Waals surface area contributed by atoms with Crippen LogP contribution in [0.4, 0.5) is 5.69 Å². The van der Waals surface area contributed by atoms with Gasteiger partial charge in [-0.3, -0.25) is 0 Å². The second kappa shape index (κ2) is 7.00. The minimum Gasteiger partial charge on any atom is -0.398 e. The lowest BCUT2D eigenvalue weighted by atomic mass is 10.00. The standard InChI is InChI=1S/C28H19BrN2/c29-24-17-20(10-13-25(24)30)19-12-14-26-23(16-19)28-22-9-5-4-6-18(22)11-15-27(28)31(26)21-7-2-1-3-8-21/h1-17H,30H2. The predicted octanol–water partition coefficient (Wildman–Crippen LogP) is 7.95. The summed E-state index contributed by atoms with van der Waals surface area (Å²) in [5.41, 5.74) is 12.7. The Kier molecular flexibility index (Phi) is 4.12. The van der Waals surface area contributed by atoms with Gasteiger partial charge in [0.2, 0.25) is 0 Å². The first-order chi connectivity index (χ1) is 15.2. The summed E-state index contributed by atoms with van der Waals surface area (Å²) in [4.78, 5) is 0. The lowest BCUT2D eigenvalue weighted by Crippen LogP contribution is -1.93. The van der Waals surface area contributed by atoms with Gasteiger partial charge in [0.05, 0.1) is 11.0 Å². The van der Waals surface area contributed by atoms with E-state index >= 15 is 0 Å². The van der Waals surface area contributed by atoms with Crippen molar-refractivity contribution in [2.24, 2.45) is 0 Å². The third-order valence-corrected chi connectivity index (χ3v) is 6.69. The number of nitrogen functional groups attached to an aromatic ring is 1. The Bertz CT molecular complexity index is 1600. The summed E-state index contributed by atoms with van der Waals surface area (Å²) in [6, 6.07) is 36.5. The molecule has 0 bridgehead atoms. The van der Waals surface area contributed by atoms with Gasteiger partial charge >= 0.3 is 0 Å². The molecule has 31 heavy (non-hydrogen) atoms. The molecule has 0 spiro atoms.